The van der Waals surface area contributed by atoms with Crippen molar-refractivity contribution >= 4 is 11.6 Å². The lowest BCUT2D eigenvalue weighted by Crippen LogP contribution is -2.42. The highest BCUT2D eigenvalue weighted by atomic mass is 16.1. The van der Waals surface area contributed by atoms with Gasteiger partial charge in [-0.15, -0.1) is 0 Å². The van der Waals surface area contributed by atoms with Crippen LogP contribution in [0.2, 0.25) is 0 Å². The first kappa shape index (κ1) is 16.1. The number of carbonyl (C=O) groups is 1. The van der Waals surface area contributed by atoms with Crippen molar-refractivity contribution in [2.45, 2.75) is 53.5 Å². The first-order chi connectivity index (χ1) is 7.51. The van der Waals surface area contributed by atoms with Gasteiger partial charge in [0.15, 0.2) is 0 Å². The molecule has 0 aliphatic carbocycles. The van der Waals surface area contributed by atoms with E-state index in [-0.39, 0.29) is 22.6 Å². The fourth-order valence-electron chi connectivity index (χ4n) is 1.33. The van der Waals surface area contributed by atoms with Crippen LogP contribution in [0.3, 0.4) is 0 Å². The predicted octanol–water partition coefficient (Wildman–Crippen LogP) is 1.95. The van der Waals surface area contributed by atoms with Crippen molar-refractivity contribution < 1.29 is 4.79 Å². The van der Waals surface area contributed by atoms with E-state index in [1.807, 2.05) is 20.8 Å². The number of rotatable bonds is 5. The monoisotopic (exact) mass is 241 g/mol. The molecular weight excluding hydrogens is 214 g/mol. The molecule has 1 amide bonds. The minimum atomic E-state index is -0.254. The van der Waals surface area contributed by atoms with Crippen molar-refractivity contribution in [3.05, 3.63) is 0 Å². The zero-order chi connectivity index (χ0) is 13.7. The Balaban J connectivity index is 3.84. The van der Waals surface area contributed by atoms with E-state index in [0.29, 0.717) is 13.0 Å². The van der Waals surface area contributed by atoms with E-state index in [1.165, 1.54) is 0 Å². The summed E-state index contributed by atoms with van der Waals surface area (Å²) in [4.78, 5) is 11.6. The summed E-state index contributed by atoms with van der Waals surface area (Å²) in [6, 6.07) is 0. The van der Waals surface area contributed by atoms with Gasteiger partial charge < -0.3 is 10.6 Å². The van der Waals surface area contributed by atoms with Gasteiger partial charge in [0.1, 0.15) is 0 Å². The van der Waals surface area contributed by atoms with Gasteiger partial charge in [-0.2, -0.15) is 0 Å². The standard InChI is InChI=1S/C13H27N3O/c1-12(2,3)9-10(14)11(17)15-7-8-16-13(4,5)6/h14,16H,7-9H2,1-6H3,(H,15,17). The number of nitrogens with one attached hydrogen (secondary N) is 3. The van der Waals surface area contributed by atoms with Crippen LogP contribution in [0.1, 0.15) is 48.0 Å². The van der Waals surface area contributed by atoms with E-state index in [0.717, 1.165) is 6.54 Å². The SMILES string of the molecule is CC(C)(C)CC(=N)C(=O)NCCNC(C)(C)C. The molecule has 0 aromatic rings. The summed E-state index contributed by atoms with van der Waals surface area (Å²) >= 11 is 0. The third kappa shape index (κ3) is 10.00. The third-order valence-corrected chi connectivity index (χ3v) is 2.05. The fourth-order valence-corrected chi connectivity index (χ4v) is 1.33. The van der Waals surface area contributed by atoms with Gasteiger partial charge in [0, 0.05) is 18.6 Å². The summed E-state index contributed by atoms with van der Waals surface area (Å²) < 4.78 is 0. The molecule has 100 valence electrons. The normalized spacial score (nSPS) is 12.4. The van der Waals surface area contributed by atoms with Crippen LogP contribution in [0.4, 0.5) is 0 Å². The molecule has 0 radical (unpaired) electrons. The highest BCUT2D eigenvalue weighted by Gasteiger charge is 2.18. The van der Waals surface area contributed by atoms with Crippen molar-refractivity contribution in [3.8, 4) is 0 Å². The van der Waals surface area contributed by atoms with Gasteiger partial charge in [-0.1, -0.05) is 20.8 Å². The third-order valence-electron chi connectivity index (χ3n) is 2.05. The smallest absolute Gasteiger partial charge is 0.264 e. The van der Waals surface area contributed by atoms with Crippen molar-refractivity contribution in [1.82, 2.24) is 10.6 Å². The van der Waals surface area contributed by atoms with Gasteiger partial charge in [-0.25, -0.2) is 0 Å². The van der Waals surface area contributed by atoms with Crippen LogP contribution in [-0.2, 0) is 4.79 Å². The van der Waals surface area contributed by atoms with E-state index in [9.17, 15) is 4.79 Å². The van der Waals surface area contributed by atoms with Crippen molar-refractivity contribution in [1.29, 1.82) is 5.41 Å². The number of amides is 1. The maximum atomic E-state index is 11.6. The Bertz CT molecular complexity index is 271. The van der Waals surface area contributed by atoms with Crippen LogP contribution in [-0.4, -0.2) is 30.2 Å². The van der Waals surface area contributed by atoms with E-state index in [1.54, 1.807) is 0 Å². The maximum absolute atomic E-state index is 11.6. The Hall–Kier alpha value is -0.900. The summed E-state index contributed by atoms with van der Waals surface area (Å²) in [5, 5.41) is 13.7. The Morgan fingerprint density at radius 1 is 1.06 bits per heavy atom. The average Bonchev–Trinajstić information content (AvgIpc) is 2.07. The predicted molar refractivity (Wildman–Crippen MR) is 72.6 cm³/mol. The lowest BCUT2D eigenvalue weighted by atomic mass is 9.89. The quantitative estimate of drug-likeness (QED) is 0.509. The molecule has 0 bridgehead atoms. The molecule has 0 rings (SSSR count). The van der Waals surface area contributed by atoms with Crippen LogP contribution in [0.5, 0.6) is 0 Å². The van der Waals surface area contributed by atoms with Gasteiger partial charge >= 0.3 is 0 Å². The number of hydrogen-bond acceptors (Lipinski definition) is 3. The molecule has 4 heteroatoms. The second kappa shape index (κ2) is 6.15. The van der Waals surface area contributed by atoms with Gasteiger partial charge in [0.05, 0.1) is 5.71 Å². The van der Waals surface area contributed by atoms with Crippen molar-refractivity contribution in [2.24, 2.45) is 5.41 Å². The second-order valence-electron chi connectivity index (χ2n) is 6.65. The Kier molecular flexibility index (Phi) is 5.82. The van der Waals surface area contributed by atoms with Crippen molar-refractivity contribution in [2.75, 3.05) is 13.1 Å². The largest absolute Gasteiger partial charge is 0.350 e. The molecule has 0 saturated carbocycles. The molecule has 0 aliphatic rings. The molecule has 0 saturated heterocycles. The molecular formula is C13H27N3O. The zero-order valence-corrected chi connectivity index (χ0v) is 12.0. The molecule has 0 aliphatic heterocycles. The second-order valence-corrected chi connectivity index (χ2v) is 6.65. The lowest BCUT2D eigenvalue weighted by molar-refractivity contribution is -0.115. The first-order valence-corrected chi connectivity index (χ1v) is 6.12. The van der Waals surface area contributed by atoms with Gasteiger partial charge in [0.2, 0.25) is 0 Å². The van der Waals surface area contributed by atoms with Crippen LogP contribution in [0, 0.1) is 10.8 Å². The van der Waals surface area contributed by atoms with Crippen LogP contribution in [0.15, 0.2) is 0 Å². The molecule has 0 fully saturated rings. The van der Waals surface area contributed by atoms with E-state index < -0.39 is 0 Å². The summed E-state index contributed by atoms with van der Waals surface area (Å²) in [7, 11) is 0. The van der Waals surface area contributed by atoms with E-state index >= 15 is 0 Å². The van der Waals surface area contributed by atoms with Gasteiger partial charge in [-0.3, -0.25) is 10.2 Å². The highest BCUT2D eigenvalue weighted by molar-refractivity contribution is 6.37. The summed E-state index contributed by atoms with van der Waals surface area (Å²) in [5.41, 5.74) is 0.204. The summed E-state index contributed by atoms with van der Waals surface area (Å²) in [6.45, 7) is 13.6. The van der Waals surface area contributed by atoms with Crippen LogP contribution >= 0.6 is 0 Å². The Labute approximate surface area is 105 Å². The topological polar surface area (TPSA) is 65.0 Å². The van der Waals surface area contributed by atoms with Gasteiger partial charge in [0.25, 0.3) is 5.91 Å². The van der Waals surface area contributed by atoms with Crippen molar-refractivity contribution in [3.63, 3.8) is 0 Å². The van der Waals surface area contributed by atoms with Crippen LogP contribution in [0.25, 0.3) is 0 Å². The number of carbonyl (C=O) groups excluding carboxylic acids is 1. The molecule has 0 heterocycles. The molecule has 4 nitrogen and oxygen atoms in total. The minimum Gasteiger partial charge on any atom is -0.350 e. The molecule has 0 aromatic heterocycles. The van der Waals surface area contributed by atoms with Gasteiger partial charge in [-0.05, 0) is 32.6 Å². The lowest BCUT2D eigenvalue weighted by Gasteiger charge is -2.21. The number of hydrogen-bond donors (Lipinski definition) is 3. The van der Waals surface area contributed by atoms with Crippen LogP contribution < -0.4 is 10.6 Å². The zero-order valence-electron chi connectivity index (χ0n) is 12.0. The summed E-state index contributed by atoms with van der Waals surface area (Å²) in [5.74, 6) is -0.254. The maximum Gasteiger partial charge on any atom is 0.264 e. The minimum absolute atomic E-state index is 0.0158. The molecule has 3 N–H and O–H groups in total. The molecule has 0 spiro atoms. The Morgan fingerprint density at radius 3 is 2.00 bits per heavy atom. The average molecular weight is 241 g/mol. The highest BCUT2D eigenvalue weighted by Crippen LogP contribution is 2.18. The summed E-state index contributed by atoms with van der Waals surface area (Å²) in [6.07, 6.45) is 0.505. The van der Waals surface area contributed by atoms with E-state index in [2.05, 4.69) is 31.4 Å². The Morgan fingerprint density at radius 2 is 1.59 bits per heavy atom. The van der Waals surface area contributed by atoms with E-state index in [4.69, 9.17) is 5.41 Å². The molecule has 0 unspecified atom stereocenters. The molecule has 17 heavy (non-hydrogen) atoms. The first-order valence-electron chi connectivity index (χ1n) is 6.12. The molecule has 0 atom stereocenters. The fraction of sp³-hybridized carbons (Fsp3) is 0.846. The molecule has 0 aromatic carbocycles.